The largest absolute Gasteiger partial charge is 0.448 e. The lowest BCUT2D eigenvalue weighted by Gasteiger charge is -2.49. The lowest BCUT2D eigenvalue weighted by Crippen LogP contribution is -2.73. The average molecular weight is 604 g/mol. The van der Waals surface area contributed by atoms with Crippen molar-refractivity contribution in [3.8, 4) is 0 Å². The Morgan fingerprint density at radius 2 is 1.50 bits per heavy atom. The third-order valence-corrected chi connectivity index (χ3v) is 9.06. The van der Waals surface area contributed by atoms with Crippen LogP contribution in [0, 0.1) is 0 Å². The van der Waals surface area contributed by atoms with Gasteiger partial charge in [-0.15, -0.1) is 0 Å². The van der Waals surface area contributed by atoms with Gasteiger partial charge in [0.05, 0.1) is 28.7 Å². The maximum absolute atomic E-state index is 14.1. The van der Waals surface area contributed by atoms with E-state index in [2.05, 4.69) is 10.3 Å². The molecule has 3 atom stereocenters. The third kappa shape index (κ3) is 6.14. The standard InChI is InChI=1S/C35H29N3O5S/c39-29(22-24-12-4-1-5-13-24)37-30-33(40)38-31(27(23-44(42)34(30)38)19-20-28-18-10-11-21-36-28)35(41)43-32(25-14-6-2-7-15-25)26-16-8-3-9-17-26/h1-21,30,32,34H,22-23H2,(H,37,39)/t30?,34-,44?/m0/s1. The van der Waals surface area contributed by atoms with E-state index in [4.69, 9.17) is 4.74 Å². The number of nitrogens with one attached hydrogen (secondary N) is 1. The fourth-order valence-electron chi connectivity index (χ4n) is 5.34. The van der Waals surface area contributed by atoms with Gasteiger partial charge in [0.25, 0.3) is 5.91 Å². The molecule has 3 aromatic carbocycles. The normalized spacial score (nSPS) is 19.4. The molecule has 44 heavy (non-hydrogen) atoms. The Bertz CT molecular complexity index is 1710. The van der Waals surface area contributed by atoms with Crippen molar-refractivity contribution in [2.24, 2.45) is 0 Å². The van der Waals surface area contributed by atoms with Gasteiger partial charge in [-0.2, -0.15) is 0 Å². The number of carbonyl (C=O) groups excluding carboxylic acids is 3. The van der Waals surface area contributed by atoms with E-state index < -0.39 is 40.2 Å². The molecule has 220 valence electrons. The van der Waals surface area contributed by atoms with Crippen molar-refractivity contribution in [1.82, 2.24) is 15.2 Å². The van der Waals surface area contributed by atoms with E-state index in [9.17, 15) is 18.6 Å². The molecule has 1 fully saturated rings. The summed E-state index contributed by atoms with van der Waals surface area (Å²) < 4.78 is 19.7. The van der Waals surface area contributed by atoms with Crippen LogP contribution in [0.15, 0.2) is 133 Å². The first-order valence-corrected chi connectivity index (χ1v) is 15.5. The average Bonchev–Trinajstić information content (AvgIpc) is 3.06. The smallest absolute Gasteiger partial charge is 0.356 e. The zero-order valence-corrected chi connectivity index (χ0v) is 24.4. The predicted molar refractivity (Wildman–Crippen MR) is 167 cm³/mol. The molecule has 0 spiro atoms. The Hall–Kier alpha value is -5.15. The minimum Gasteiger partial charge on any atom is -0.448 e. The van der Waals surface area contributed by atoms with Crippen molar-refractivity contribution in [2.45, 2.75) is 23.9 Å². The lowest BCUT2D eigenvalue weighted by molar-refractivity contribution is -0.154. The summed E-state index contributed by atoms with van der Waals surface area (Å²) in [5, 5.41) is 1.84. The van der Waals surface area contributed by atoms with Crippen molar-refractivity contribution >= 4 is 34.7 Å². The van der Waals surface area contributed by atoms with Gasteiger partial charge in [0.1, 0.15) is 17.1 Å². The summed E-state index contributed by atoms with van der Waals surface area (Å²) in [4.78, 5) is 46.0. The van der Waals surface area contributed by atoms with E-state index in [-0.39, 0.29) is 23.8 Å². The maximum Gasteiger partial charge on any atom is 0.356 e. The molecule has 0 aliphatic carbocycles. The van der Waals surface area contributed by atoms with Gasteiger partial charge in [-0.25, -0.2) is 4.79 Å². The van der Waals surface area contributed by atoms with Crippen LogP contribution in [0.2, 0.25) is 0 Å². The van der Waals surface area contributed by atoms with Crippen molar-refractivity contribution < 1.29 is 23.3 Å². The number of amides is 2. The highest BCUT2D eigenvalue weighted by molar-refractivity contribution is 7.86. The number of β-lactam (4-membered cyclic amide) rings is 1. The van der Waals surface area contributed by atoms with Crippen LogP contribution in [0.1, 0.15) is 28.5 Å². The monoisotopic (exact) mass is 603 g/mol. The van der Waals surface area contributed by atoms with Crippen LogP contribution in [0.4, 0.5) is 0 Å². The summed E-state index contributed by atoms with van der Waals surface area (Å²) in [5.41, 5.74) is 3.34. The second kappa shape index (κ2) is 13.0. The number of pyridine rings is 1. The zero-order valence-electron chi connectivity index (χ0n) is 23.6. The number of hydrogen-bond acceptors (Lipinski definition) is 6. The van der Waals surface area contributed by atoms with Crippen molar-refractivity contribution in [1.29, 1.82) is 0 Å². The molecular formula is C35H29N3O5S. The van der Waals surface area contributed by atoms with Crippen LogP contribution < -0.4 is 5.32 Å². The molecule has 1 saturated heterocycles. The molecule has 2 unspecified atom stereocenters. The highest BCUT2D eigenvalue weighted by Crippen LogP contribution is 2.37. The highest BCUT2D eigenvalue weighted by Gasteiger charge is 2.57. The SMILES string of the molecule is O=C(Cc1ccccc1)NC1C(=O)N2C(C(=O)OC(c3ccccc3)c3ccccc3)=C(C=Cc3ccccn3)CS(=O)[C@@H]12. The summed E-state index contributed by atoms with van der Waals surface area (Å²) >= 11 is 0. The van der Waals surface area contributed by atoms with Crippen LogP contribution in [0.25, 0.3) is 6.08 Å². The number of benzene rings is 3. The molecule has 2 aliphatic rings. The van der Waals surface area contributed by atoms with E-state index >= 15 is 0 Å². The first-order chi connectivity index (χ1) is 21.5. The fraction of sp³-hybridized carbons (Fsp3) is 0.143. The van der Waals surface area contributed by atoms with Crippen LogP contribution in [0.5, 0.6) is 0 Å². The highest BCUT2D eigenvalue weighted by atomic mass is 32.2. The summed E-state index contributed by atoms with van der Waals surface area (Å²) in [6, 6.07) is 32.2. The molecule has 3 heterocycles. The van der Waals surface area contributed by atoms with E-state index in [1.54, 1.807) is 30.5 Å². The van der Waals surface area contributed by atoms with E-state index in [1.165, 1.54) is 4.90 Å². The molecule has 1 aromatic heterocycles. The van der Waals surface area contributed by atoms with Crippen molar-refractivity contribution in [2.75, 3.05) is 5.75 Å². The van der Waals surface area contributed by atoms with Gasteiger partial charge in [-0.05, 0) is 40.5 Å². The molecule has 0 bridgehead atoms. The number of fused-ring (bicyclic) bond motifs is 1. The second-order valence-electron chi connectivity index (χ2n) is 10.4. The number of esters is 1. The van der Waals surface area contributed by atoms with Gasteiger partial charge < -0.3 is 10.1 Å². The van der Waals surface area contributed by atoms with Gasteiger partial charge >= 0.3 is 5.97 Å². The number of aromatic nitrogens is 1. The molecule has 8 nitrogen and oxygen atoms in total. The Morgan fingerprint density at radius 3 is 2.11 bits per heavy atom. The van der Waals surface area contributed by atoms with Crippen molar-refractivity contribution in [3.05, 3.63) is 155 Å². The molecule has 9 heteroatoms. The summed E-state index contributed by atoms with van der Waals surface area (Å²) in [5.74, 6) is -1.62. The Labute approximate surface area is 257 Å². The molecule has 0 radical (unpaired) electrons. The molecule has 0 saturated carbocycles. The van der Waals surface area contributed by atoms with Crippen LogP contribution >= 0.6 is 0 Å². The quantitative estimate of drug-likeness (QED) is 0.226. The summed E-state index contributed by atoms with van der Waals surface area (Å²) in [6.45, 7) is 0. The second-order valence-corrected chi connectivity index (χ2v) is 11.9. The maximum atomic E-state index is 14.1. The lowest BCUT2D eigenvalue weighted by atomic mass is 10.00. The van der Waals surface area contributed by atoms with Gasteiger partial charge in [-0.3, -0.25) is 23.7 Å². The molecular weight excluding hydrogens is 574 g/mol. The third-order valence-electron chi connectivity index (χ3n) is 7.45. The van der Waals surface area contributed by atoms with E-state index in [0.717, 1.165) is 16.7 Å². The zero-order chi connectivity index (χ0) is 30.5. The molecule has 6 rings (SSSR count). The van der Waals surface area contributed by atoms with Crippen molar-refractivity contribution in [3.63, 3.8) is 0 Å². The number of allylic oxidation sites excluding steroid dienone is 1. The topological polar surface area (TPSA) is 106 Å². The van der Waals surface area contributed by atoms with Gasteiger partial charge in [0.2, 0.25) is 5.91 Å². The Balaban J connectivity index is 1.32. The Kier molecular flexibility index (Phi) is 8.56. The molecule has 2 aliphatic heterocycles. The number of carbonyl (C=O) groups is 3. The number of nitrogens with zero attached hydrogens (tertiary/aromatic N) is 2. The number of ether oxygens (including phenoxy) is 1. The van der Waals surface area contributed by atoms with E-state index in [0.29, 0.717) is 11.3 Å². The molecule has 2 amide bonds. The summed E-state index contributed by atoms with van der Waals surface area (Å²) in [6.07, 6.45) is 4.33. The van der Waals surface area contributed by atoms with Gasteiger partial charge in [0, 0.05) is 6.20 Å². The number of rotatable bonds is 9. The minimum absolute atomic E-state index is 0.00535. The van der Waals surface area contributed by atoms with Crippen LogP contribution in [-0.4, -0.2) is 49.0 Å². The van der Waals surface area contributed by atoms with Gasteiger partial charge in [0.15, 0.2) is 6.10 Å². The minimum atomic E-state index is -1.60. The molecule has 4 aromatic rings. The van der Waals surface area contributed by atoms with E-state index in [1.807, 2.05) is 97.1 Å². The summed E-state index contributed by atoms with van der Waals surface area (Å²) in [7, 11) is -1.60. The first kappa shape index (κ1) is 28.9. The first-order valence-electron chi connectivity index (χ1n) is 14.2. The number of hydrogen-bond donors (Lipinski definition) is 1. The fourth-order valence-corrected chi connectivity index (χ4v) is 6.98. The predicted octanol–water partition coefficient (Wildman–Crippen LogP) is 4.34. The Morgan fingerprint density at radius 1 is 0.886 bits per heavy atom. The molecule has 1 N–H and O–H groups in total. The van der Waals surface area contributed by atoms with Gasteiger partial charge in [-0.1, -0.05) is 103 Å². The van der Waals surface area contributed by atoms with Crippen LogP contribution in [-0.2, 0) is 36.3 Å². The van der Waals surface area contributed by atoms with Crippen LogP contribution in [0.3, 0.4) is 0 Å².